The Hall–Kier alpha value is -1.88. The summed E-state index contributed by atoms with van der Waals surface area (Å²) in [6.07, 6.45) is 0. The monoisotopic (exact) mass is 255 g/mol. The molecule has 0 saturated heterocycles. The van der Waals surface area contributed by atoms with Crippen molar-refractivity contribution < 1.29 is 13.7 Å². The van der Waals surface area contributed by atoms with E-state index in [2.05, 4.69) is 0 Å². The lowest BCUT2D eigenvalue weighted by atomic mass is 10.1. The molecule has 0 spiro atoms. The van der Waals surface area contributed by atoms with Gasteiger partial charge in [0.1, 0.15) is 21.9 Å². The fraction of sp³-hybridized carbons (Fsp3) is 0.0909. The molecule has 0 saturated carbocycles. The smallest absolute Gasteiger partial charge is 0.404 e. The highest BCUT2D eigenvalue weighted by molar-refractivity contribution is 6.22. The van der Waals surface area contributed by atoms with Crippen LogP contribution in [-0.2, 0) is 0 Å². The van der Waals surface area contributed by atoms with Crippen LogP contribution in [0.5, 0.6) is 0 Å². The number of furan rings is 1. The van der Waals surface area contributed by atoms with E-state index in [1.54, 1.807) is 0 Å². The molecule has 1 atom stereocenters. The first-order valence-corrected chi connectivity index (χ1v) is 5.15. The molecule has 17 heavy (non-hydrogen) atoms. The Morgan fingerprint density at radius 3 is 2.41 bits per heavy atom. The second-order valence-corrected chi connectivity index (χ2v) is 3.78. The van der Waals surface area contributed by atoms with Crippen LogP contribution in [0.3, 0.4) is 0 Å². The zero-order valence-corrected chi connectivity index (χ0v) is 9.23. The molecule has 0 fully saturated rings. The molecular weight excluding hydrogens is 249 g/mol. The van der Waals surface area contributed by atoms with Crippen LogP contribution < -0.4 is 0 Å². The van der Waals surface area contributed by atoms with E-state index in [1.165, 1.54) is 36.4 Å². The normalized spacial score (nSPS) is 12.4. The molecule has 1 unspecified atom stereocenters. The molecule has 2 aromatic rings. The Kier molecular flexibility index (Phi) is 3.10. The van der Waals surface area contributed by atoms with Gasteiger partial charge in [0, 0.05) is 0 Å². The first kappa shape index (κ1) is 11.6. The van der Waals surface area contributed by atoms with Gasteiger partial charge in [-0.2, -0.15) is 0 Å². The summed E-state index contributed by atoms with van der Waals surface area (Å²) in [5, 5.41) is 9.76. The zero-order chi connectivity index (χ0) is 12.4. The van der Waals surface area contributed by atoms with Gasteiger partial charge in [0.2, 0.25) is 0 Å². The third kappa shape index (κ3) is 2.45. The summed E-state index contributed by atoms with van der Waals surface area (Å²) >= 11 is 6.06. The van der Waals surface area contributed by atoms with Crippen LogP contribution in [0.1, 0.15) is 16.7 Å². The van der Waals surface area contributed by atoms with E-state index < -0.39 is 10.3 Å². The molecule has 2 rings (SSSR count). The van der Waals surface area contributed by atoms with Crippen molar-refractivity contribution in [3.8, 4) is 0 Å². The van der Waals surface area contributed by atoms with Crippen LogP contribution >= 0.6 is 11.6 Å². The minimum Gasteiger partial charge on any atom is -0.404 e. The third-order valence-electron chi connectivity index (χ3n) is 2.20. The average Bonchev–Trinajstić information content (AvgIpc) is 2.78. The van der Waals surface area contributed by atoms with Gasteiger partial charge in [-0.15, -0.1) is 11.6 Å². The van der Waals surface area contributed by atoms with Gasteiger partial charge in [-0.05, 0) is 23.8 Å². The molecule has 4 nitrogen and oxygen atoms in total. The first-order chi connectivity index (χ1) is 8.08. The van der Waals surface area contributed by atoms with Crippen molar-refractivity contribution in [2.45, 2.75) is 5.38 Å². The van der Waals surface area contributed by atoms with E-state index >= 15 is 0 Å². The largest absolute Gasteiger partial charge is 0.433 e. The van der Waals surface area contributed by atoms with Crippen molar-refractivity contribution >= 4 is 17.5 Å². The molecule has 0 bridgehead atoms. The highest BCUT2D eigenvalue weighted by atomic mass is 35.5. The summed E-state index contributed by atoms with van der Waals surface area (Å²) in [5.41, 5.74) is 0.609. The molecule has 0 N–H and O–H groups in total. The Morgan fingerprint density at radius 1 is 1.24 bits per heavy atom. The van der Waals surface area contributed by atoms with Gasteiger partial charge in [0.25, 0.3) is 0 Å². The number of halogens is 2. The third-order valence-corrected chi connectivity index (χ3v) is 2.67. The summed E-state index contributed by atoms with van der Waals surface area (Å²) in [4.78, 5) is 9.80. The van der Waals surface area contributed by atoms with Gasteiger partial charge in [-0.3, -0.25) is 10.1 Å². The standard InChI is InChI=1S/C11H7ClFNO3/c12-11(7-1-3-8(13)4-2-7)9-5-6-10(17-9)14(15)16/h1-6,11H. The lowest BCUT2D eigenvalue weighted by Crippen LogP contribution is -1.91. The van der Waals surface area contributed by atoms with E-state index in [0.717, 1.165) is 0 Å². The number of nitro groups is 1. The summed E-state index contributed by atoms with van der Waals surface area (Å²) in [6, 6.07) is 8.19. The van der Waals surface area contributed by atoms with Crippen LogP contribution in [0.4, 0.5) is 10.3 Å². The molecule has 0 amide bonds. The van der Waals surface area contributed by atoms with Gasteiger partial charge in [-0.25, -0.2) is 4.39 Å². The molecule has 1 heterocycles. The zero-order valence-electron chi connectivity index (χ0n) is 8.47. The van der Waals surface area contributed by atoms with Crippen LogP contribution in [0.2, 0.25) is 0 Å². The summed E-state index contributed by atoms with van der Waals surface area (Å²) in [6.45, 7) is 0. The first-order valence-electron chi connectivity index (χ1n) is 4.71. The minimum absolute atomic E-state index is 0.255. The van der Waals surface area contributed by atoms with Gasteiger partial charge < -0.3 is 4.42 Å². The van der Waals surface area contributed by atoms with E-state index in [-0.39, 0.29) is 17.5 Å². The van der Waals surface area contributed by atoms with E-state index in [4.69, 9.17) is 16.0 Å². The summed E-state index contributed by atoms with van der Waals surface area (Å²) < 4.78 is 17.7. The molecule has 6 heteroatoms. The predicted octanol–water partition coefficient (Wildman–Crippen LogP) is 3.66. The Bertz CT molecular complexity index is 538. The Balaban J connectivity index is 2.27. The molecule has 0 aliphatic heterocycles. The molecule has 88 valence electrons. The van der Waals surface area contributed by atoms with Crippen molar-refractivity contribution in [2.24, 2.45) is 0 Å². The van der Waals surface area contributed by atoms with Crippen LogP contribution in [0, 0.1) is 15.9 Å². The minimum atomic E-state index is -0.677. The number of alkyl halides is 1. The lowest BCUT2D eigenvalue weighted by molar-refractivity contribution is -0.402. The van der Waals surface area contributed by atoms with Crippen molar-refractivity contribution in [3.05, 3.63) is 63.7 Å². The maximum Gasteiger partial charge on any atom is 0.433 e. The number of rotatable bonds is 3. The van der Waals surface area contributed by atoms with Gasteiger partial charge in [0.05, 0.1) is 6.07 Å². The SMILES string of the molecule is O=[N+]([O-])c1ccc(C(Cl)c2ccc(F)cc2)o1. The number of hydrogen-bond donors (Lipinski definition) is 0. The average molecular weight is 256 g/mol. The van der Waals surface area contributed by atoms with Gasteiger partial charge in [-0.1, -0.05) is 12.1 Å². The molecular formula is C11H7ClFNO3. The van der Waals surface area contributed by atoms with Gasteiger partial charge >= 0.3 is 5.88 Å². The number of hydrogen-bond acceptors (Lipinski definition) is 3. The second kappa shape index (κ2) is 4.55. The van der Waals surface area contributed by atoms with E-state index in [9.17, 15) is 14.5 Å². The maximum absolute atomic E-state index is 12.7. The van der Waals surface area contributed by atoms with Crippen molar-refractivity contribution in [2.75, 3.05) is 0 Å². The van der Waals surface area contributed by atoms with Crippen molar-refractivity contribution in [1.29, 1.82) is 0 Å². The van der Waals surface area contributed by atoms with Crippen LogP contribution in [0.25, 0.3) is 0 Å². The van der Waals surface area contributed by atoms with E-state index in [1.807, 2.05) is 0 Å². The number of nitrogens with zero attached hydrogens (tertiary/aromatic N) is 1. The molecule has 0 aliphatic rings. The quantitative estimate of drug-likeness (QED) is 0.478. The van der Waals surface area contributed by atoms with Crippen LogP contribution in [-0.4, -0.2) is 4.92 Å². The van der Waals surface area contributed by atoms with Crippen LogP contribution in [0.15, 0.2) is 40.8 Å². The summed E-state index contributed by atoms with van der Waals surface area (Å²) in [5.74, 6) is -0.485. The molecule has 0 aliphatic carbocycles. The highest BCUT2D eigenvalue weighted by Crippen LogP contribution is 2.31. The van der Waals surface area contributed by atoms with E-state index in [0.29, 0.717) is 5.56 Å². The summed E-state index contributed by atoms with van der Waals surface area (Å²) in [7, 11) is 0. The predicted molar refractivity (Wildman–Crippen MR) is 59.5 cm³/mol. The fourth-order valence-electron chi connectivity index (χ4n) is 1.37. The molecule has 1 aromatic carbocycles. The van der Waals surface area contributed by atoms with Gasteiger partial charge in [0.15, 0.2) is 0 Å². The maximum atomic E-state index is 12.7. The molecule has 1 aromatic heterocycles. The highest BCUT2D eigenvalue weighted by Gasteiger charge is 2.19. The fourth-order valence-corrected chi connectivity index (χ4v) is 1.64. The van der Waals surface area contributed by atoms with Crippen molar-refractivity contribution in [1.82, 2.24) is 0 Å². The molecule has 0 radical (unpaired) electrons. The van der Waals surface area contributed by atoms with Crippen molar-refractivity contribution in [3.63, 3.8) is 0 Å². The second-order valence-electron chi connectivity index (χ2n) is 3.35. The lowest BCUT2D eigenvalue weighted by Gasteiger charge is -2.05. The Labute approximate surface area is 101 Å². The Morgan fingerprint density at radius 2 is 1.88 bits per heavy atom. The topological polar surface area (TPSA) is 56.3 Å². The number of benzene rings is 1.